The summed E-state index contributed by atoms with van der Waals surface area (Å²) >= 11 is 0. The van der Waals surface area contributed by atoms with E-state index >= 15 is 0 Å². The molecule has 1 aliphatic heterocycles. The molecule has 6 nitrogen and oxygen atoms in total. The van der Waals surface area contributed by atoms with Gasteiger partial charge in [0.2, 0.25) is 10.0 Å². The van der Waals surface area contributed by atoms with Crippen LogP contribution >= 0.6 is 0 Å². The van der Waals surface area contributed by atoms with Crippen LogP contribution in [-0.4, -0.2) is 56.2 Å². The van der Waals surface area contributed by atoms with Crippen LogP contribution in [0.15, 0.2) is 0 Å². The van der Waals surface area contributed by atoms with Gasteiger partial charge in [0.15, 0.2) is 0 Å². The molecule has 0 aromatic carbocycles. The van der Waals surface area contributed by atoms with Crippen LogP contribution in [0.4, 0.5) is 0 Å². The molecule has 21 heavy (non-hydrogen) atoms. The number of methoxy groups -OCH3 is 1. The van der Waals surface area contributed by atoms with E-state index in [0.717, 1.165) is 12.8 Å². The number of sulfonamides is 1. The molecule has 0 spiro atoms. The minimum atomic E-state index is -3.48. The highest BCUT2D eigenvalue weighted by Crippen LogP contribution is 2.33. The average molecular weight is 318 g/mol. The number of hydrogen-bond acceptors (Lipinski definition) is 5. The van der Waals surface area contributed by atoms with Gasteiger partial charge in [-0.15, -0.1) is 0 Å². The summed E-state index contributed by atoms with van der Waals surface area (Å²) in [5, 5.41) is 2.65. The normalized spacial score (nSPS) is 35.4. The van der Waals surface area contributed by atoms with Gasteiger partial charge in [-0.2, -0.15) is 4.31 Å². The Hall–Kier alpha value is -0.660. The molecule has 1 saturated heterocycles. The average Bonchev–Trinajstić information content (AvgIpc) is 2.49. The van der Waals surface area contributed by atoms with Crippen molar-refractivity contribution in [2.24, 2.45) is 5.92 Å². The standard InChI is InChI=1S/C14H26N2O4S/c1-10-11(2)16(9-8-15-10)21(18,19)13-7-5-4-6-12(13)14(17)20-3/h10-13,15H,4-9H2,1-3H3. The van der Waals surface area contributed by atoms with E-state index < -0.39 is 21.2 Å². The molecule has 1 aliphatic carbocycles. The number of carbonyl (C=O) groups excluding carboxylic acids is 1. The van der Waals surface area contributed by atoms with Crippen molar-refractivity contribution in [1.29, 1.82) is 0 Å². The van der Waals surface area contributed by atoms with Crippen molar-refractivity contribution < 1.29 is 17.9 Å². The number of hydrogen-bond donors (Lipinski definition) is 1. The van der Waals surface area contributed by atoms with Crippen LogP contribution in [0.1, 0.15) is 39.5 Å². The van der Waals surface area contributed by atoms with Crippen molar-refractivity contribution in [3.63, 3.8) is 0 Å². The Morgan fingerprint density at radius 2 is 1.90 bits per heavy atom. The number of ether oxygens (including phenoxy) is 1. The van der Waals surface area contributed by atoms with Gasteiger partial charge in [0, 0.05) is 25.2 Å². The smallest absolute Gasteiger partial charge is 0.310 e. The van der Waals surface area contributed by atoms with Crippen LogP contribution in [0, 0.1) is 5.92 Å². The van der Waals surface area contributed by atoms with E-state index in [1.807, 2.05) is 13.8 Å². The number of esters is 1. The quantitative estimate of drug-likeness (QED) is 0.777. The highest BCUT2D eigenvalue weighted by Gasteiger charge is 2.45. The molecule has 1 heterocycles. The Kier molecular flexibility index (Phi) is 5.27. The molecule has 0 radical (unpaired) electrons. The predicted octanol–water partition coefficient (Wildman–Crippen LogP) is 0.730. The molecule has 122 valence electrons. The van der Waals surface area contributed by atoms with Crippen molar-refractivity contribution in [3.8, 4) is 0 Å². The van der Waals surface area contributed by atoms with E-state index in [1.165, 1.54) is 7.11 Å². The fraction of sp³-hybridized carbons (Fsp3) is 0.929. The second-order valence-electron chi connectivity index (χ2n) is 6.09. The second kappa shape index (κ2) is 6.62. The molecular weight excluding hydrogens is 292 g/mol. The fourth-order valence-corrected chi connectivity index (χ4v) is 5.90. The maximum atomic E-state index is 13.0. The maximum absolute atomic E-state index is 13.0. The molecule has 0 aromatic heterocycles. The van der Waals surface area contributed by atoms with Gasteiger partial charge in [-0.25, -0.2) is 8.42 Å². The van der Waals surface area contributed by atoms with Crippen LogP contribution in [0.5, 0.6) is 0 Å². The van der Waals surface area contributed by atoms with Crippen LogP contribution in [-0.2, 0) is 19.6 Å². The van der Waals surface area contributed by atoms with Gasteiger partial charge in [0.05, 0.1) is 18.3 Å². The molecule has 1 saturated carbocycles. The maximum Gasteiger partial charge on any atom is 0.310 e. The lowest BCUT2D eigenvalue weighted by Gasteiger charge is -2.41. The molecule has 0 amide bonds. The third-order valence-corrected chi connectivity index (χ3v) is 7.39. The number of carbonyl (C=O) groups is 1. The van der Waals surface area contributed by atoms with Gasteiger partial charge in [-0.1, -0.05) is 12.8 Å². The first-order chi connectivity index (χ1) is 9.89. The molecule has 4 atom stereocenters. The molecule has 0 aromatic rings. The summed E-state index contributed by atoms with van der Waals surface area (Å²) in [6.07, 6.45) is 2.90. The number of nitrogens with one attached hydrogen (secondary N) is 1. The lowest BCUT2D eigenvalue weighted by atomic mass is 9.89. The highest BCUT2D eigenvalue weighted by atomic mass is 32.2. The molecular formula is C14H26N2O4S. The van der Waals surface area contributed by atoms with Crippen LogP contribution in [0.3, 0.4) is 0 Å². The zero-order valence-corrected chi connectivity index (χ0v) is 13.9. The summed E-state index contributed by atoms with van der Waals surface area (Å²) in [7, 11) is -2.15. The predicted molar refractivity (Wildman–Crippen MR) is 80.3 cm³/mol. The van der Waals surface area contributed by atoms with Crippen molar-refractivity contribution >= 4 is 16.0 Å². The Bertz CT molecular complexity index is 479. The van der Waals surface area contributed by atoms with Gasteiger partial charge in [0.25, 0.3) is 0 Å². The largest absolute Gasteiger partial charge is 0.469 e. The van der Waals surface area contributed by atoms with E-state index in [0.29, 0.717) is 25.9 Å². The van der Waals surface area contributed by atoms with Crippen molar-refractivity contribution in [3.05, 3.63) is 0 Å². The van der Waals surface area contributed by atoms with E-state index in [9.17, 15) is 13.2 Å². The molecule has 2 fully saturated rings. The molecule has 2 aliphatic rings. The topological polar surface area (TPSA) is 75.7 Å². The molecule has 2 rings (SSSR count). The first-order valence-electron chi connectivity index (χ1n) is 7.71. The second-order valence-corrected chi connectivity index (χ2v) is 8.20. The first-order valence-corrected chi connectivity index (χ1v) is 9.21. The summed E-state index contributed by atoms with van der Waals surface area (Å²) in [4.78, 5) is 11.9. The zero-order chi connectivity index (χ0) is 15.6. The van der Waals surface area contributed by atoms with Crippen LogP contribution in [0.2, 0.25) is 0 Å². The Morgan fingerprint density at radius 1 is 1.24 bits per heavy atom. The van der Waals surface area contributed by atoms with Crippen molar-refractivity contribution in [2.45, 2.75) is 56.9 Å². The summed E-state index contributed by atoms with van der Waals surface area (Å²) in [6.45, 7) is 5.04. The summed E-state index contributed by atoms with van der Waals surface area (Å²) in [5.74, 6) is -0.912. The van der Waals surface area contributed by atoms with Gasteiger partial charge < -0.3 is 10.1 Å². The minimum absolute atomic E-state index is 0.0935. The van der Waals surface area contributed by atoms with Gasteiger partial charge in [0.1, 0.15) is 0 Å². The number of rotatable bonds is 3. The van der Waals surface area contributed by atoms with Gasteiger partial charge >= 0.3 is 5.97 Å². The van der Waals surface area contributed by atoms with Crippen molar-refractivity contribution in [1.82, 2.24) is 9.62 Å². The monoisotopic (exact) mass is 318 g/mol. The zero-order valence-electron chi connectivity index (χ0n) is 13.0. The van der Waals surface area contributed by atoms with E-state index in [2.05, 4.69) is 5.32 Å². The fourth-order valence-electron chi connectivity index (χ4n) is 3.43. The Labute approximate surface area is 127 Å². The Balaban J connectivity index is 2.25. The third-order valence-electron chi connectivity index (χ3n) is 4.89. The van der Waals surface area contributed by atoms with Crippen molar-refractivity contribution in [2.75, 3.05) is 20.2 Å². The molecule has 7 heteroatoms. The summed E-state index contributed by atoms with van der Waals surface area (Å²) < 4.78 is 32.4. The summed E-state index contributed by atoms with van der Waals surface area (Å²) in [5.41, 5.74) is 0. The first kappa shape index (κ1) is 16.7. The van der Waals surface area contributed by atoms with E-state index in [1.54, 1.807) is 4.31 Å². The summed E-state index contributed by atoms with van der Waals surface area (Å²) in [6, 6.07) is 0.0256. The van der Waals surface area contributed by atoms with Gasteiger partial charge in [-0.3, -0.25) is 4.79 Å². The van der Waals surface area contributed by atoms with Crippen LogP contribution < -0.4 is 5.32 Å². The van der Waals surface area contributed by atoms with E-state index in [4.69, 9.17) is 4.74 Å². The molecule has 1 N–H and O–H groups in total. The SMILES string of the molecule is COC(=O)C1CCCCC1S(=O)(=O)N1CCNC(C)C1C. The third kappa shape index (κ3) is 3.24. The lowest BCUT2D eigenvalue weighted by molar-refractivity contribution is -0.146. The Morgan fingerprint density at radius 3 is 2.57 bits per heavy atom. The minimum Gasteiger partial charge on any atom is -0.469 e. The molecule has 4 unspecified atom stereocenters. The van der Waals surface area contributed by atoms with Gasteiger partial charge in [-0.05, 0) is 26.7 Å². The molecule has 0 bridgehead atoms. The lowest BCUT2D eigenvalue weighted by Crippen LogP contribution is -2.60. The van der Waals surface area contributed by atoms with Crippen LogP contribution in [0.25, 0.3) is 0 Å². The van der Waals surface area contributed by atoms with E-state index in [-0.39, 0.29) is 18.1 Å². The number of piperazine rings is 1. The highest BCUT2D eigenvalue weighted by molar-refractivity contribution is 7.89. The number of nitrogens with zero attached hydrogens (tertiary/aromatic N) is 1.